The van der Waals surface area contributed by atoms with E-state index in [-0.39, 0.29) is 55.0 Å². The third-order valence-corrected chi connectivity index (χ3v) is 15.5. The number of carbonyl (C=O) groups is 4. The fourth-order valence-corrected chi connectivity index (χ4v) is 11.4. The molecule has 3 aliphatic rings. The normalized spacial score (nSPS) is 18.5. The van der Waals surface area contributed by atoms with Crippen LogP contribution in [0.5, 0.6) is 5.88 Å². The fourth-order valence-electron chi connectivity index (χ4n) is 11.2. The number of aliphatic hydroxyl groups is 1. The van der Waals surface area contributed by atoms with Gasteiger partial charge in [-0.3, -0.25) is 29.0 Å². The van der Waals surface area contributed by atoms with Crippen molar-refractivity contribution in [3.63, 3.8) is 0 Å². The Labute approximate surface area is 470 Å². The van der Waals surface area contributed by atoms with Crippen molar-refractivity contribution in [2.45, 2.75) is 101 Å². The topological polar surface area (TPSA) is 206 Å². The maximum Gasteiger partial charge on any atom is 0.253 e. The average molecular weight is 1140 g/mol. The summed E-state index contributed by atoms with van der Waals surface area (Å²) < 4.78 is 77.6. The Morgan fingerprint density at radius 3 is 2.43 bits per heavy atom. The molecule has 4 aromatic heterocycles. The number of ether oxygens (including phenoxy) is 3. The molecule has 0 spiro atoms. The lowest BCUT2D eigenvalue weighted by atomic mass is 9.75. The van der Waals surface area contributed by atoms with E-state index in [0.717, 1.165) is 93.5 Å². The van der Waals surface area contributed by atoms with E-state index in [2.05, 4.69) is 28.1 Å². The lowest BCUT2D eigenvalue weighted by molar-refractivity contribution is -0.143. The smallest absolute Gasteiger partial charge is 0.253 e. The van der Waals surface area contributed by atoms with Gasteiger partial charge in [-0.05, 0) is 92.3 Å². The van der Waals surface area contributed by atoms with Crippen molar-refractivity contribution in [3.05, 3.63) is 142 Å². The molecule has 1 N–H and O–H groups in total. The first kappa shape index (κ1) is 58.3. The Bertz CT molecular complexity index is 3240. The summed E-state index contributed by atoms with van der Waals surface area (Å²) in [4.78, 5) is 74.7. The number of hydrogen-bond acceptors (Lipinski definition) is 13. The second-order valence-electron chi connectivity index (χ2n) is 20.7. The van der Waals surface area contributed by atoms with E-state index in [9.17, 15) is 33.5 Å². The highest BCUT2D eigenvalue weighted by molar-refractivity contribution is 6.32. The van der Waals surface area contributed by atoms with Crippen molar-refractivity contribution in [2.75, 3.05) is 62.5 Å². The first-order valence-electron chi connectivity index (χ1n) is 27.2. The van der Waals surface area contributed by atoms with Gasteiger partial charge in [-0.2, -0.15) is 10.4 Å². The molecule has 17 nitrogen and oxygen atoms in total. The first-order chi connectivity index (χ1) is 39.1. The third kappa shape index (κ3) is 14.0. The maximum atomic E-state index is 15.4. The van der Waals surface area contributed by atoms with E-state index in [0.29, 0.717) is 30.2 Å². The fraction of sp³-hybridized carbons (Fsp3) is 0.441. The predicted molar refractivity (Wildman–Crippen MR) is 290 cm³/mol. The maximum absolute atomic E-state index is 15.4. The number of halogens is 5. The van der Waals surface area contributed by atoms with Crippen LogP contribution in [0.2, 0.25) is 5.02 Å². The van der Waals surface area contributed by atoms with Gasteiger partial charge < -0.3 is 24.2 Å². The lowest BCUT2D eigenvalue weighted by Gasteiger charge is -2.43. The zero-order valence-corrected chi connectivity index (χ0v) is 45.5. The van der Waals surface area contributed by atoms with Crippen LogP contribution in [-0.4, -0.2) is 123 Å². The van der Waals surface area contributed by atoms with Gasteiger partial charge in [-0.1, -0.05) is 55.6 Å². The minimum Gasteiger partial charge on any atom is -0.475 e. The number of piperazine rings is 1. The predicted octanol–water partition coefficient (Wildman–Crippen LogP) is 8.76. The molecule has 2 aliphatic carbocycles. The summed E-state index contributed by atoms with van der Waals surface area (Å²) in [7, 11) is 0. The first-order valence-corrected chi connectivity index (χ1v) is 27.6. The molecule has 0 bridgehead atoms. The van der Waals surface area contributed by atoms with Crippen LogP contribution < -0.4 is 14.5 Å². The van der Waals surface area contributed by atoms with Crippen molar-refractivity contribution in [2.24, 2.45) is 11.8 Å². The van der Waals surface area contributed by atoms with Gasteiger partial charge >= 0.3 is 0 Å². The van der Waals surface area contributed by atoms with Crippen molar-refractivity contribution < 1.29 is 56.1 Å². The van der Waals surface area contributed by atoms with Gasteiger partial charge in [0, 0.05) is 83.9 Å². The second-order valence-corrected chi connectivity index (χ2v) is 21.1. The lowest BCUT2D eigenvalue weighted by Crippen LogP contribution is -2.64. The van der Waals surface area contributed by atoms with Crippen LogP contribution in [0.4, 0.5) is 29.1 Å². The molecule has 1 saturated heterocycles. The molecule has 2 saturated carbocycles. The molecule has 3 amide bonds. The van der Waals surface area contributed by atoms with E-state index in [1.807, 2.05) is 22.8 Å². The number of pyridine rings is 2. The van der Waals surface area contributed by atoms with E-state index < -0.39 is 104 Å². The van der Waals surface area contributed by atoms with Gasteiger partial charge in [-0.15, -0.1) is 0 Å². The molecule has 0 radical (unpaired) electrons. The molecular weight excluding hydrogens is 1070 g/mol. The van der Waals surface area contributed by atoms with Gasteiger partial charge in [-0.25, -0.2) is 37.0 Å². The summed E-state index contributed by atoms with van der Waals surface area (Å²) in [5.74, 6) is -8.57. The van der Waals surface area contributed by atoms with E-state index in [1.165, 1.54) is 42.9 Å². The molecule has 4 atom stereocenters. The summed E-state index contributed by atoms with van der Waals surface area (Å²) in [6, 6.07) is 15.0. The number of fused-ring (bicyclic) bond motifs is 1. The summed E-state index contributed by atoms with van der Waals surface area (Å²) in [6.07, 6.45) is 10.7. The number of carbonyl (C=O) groups excluding carboxylic acids is 4. The molecule has 6 aromatic rings. The number of aryl methyl sites for hydroxylation is 3. The zero-order valence-electron chi connectivity index (χ0n) is 44.7. The largest absolute Gasteiger partial charge is 0.475 e. The quantitative estimate of drug-likeness (QED) is 0.0445. The highest BCUT2D eigenvalue weighted by Crippen LogP contribution is 2.46. The van der Waals surface area contributed by atoms with Crippen LogP contribution in [0.15, 0.2) is 91.4 Å². The minimum atomic E-state index is -3.00. The number of hydrogen-bond donors (Lipinski definition) is 1. The number of aromatic nitrogens is 5. The summed E-state index contributed by atoms with van der Waals surface area (Å²) in [6.45, 7) is 0.896. The Hall–Kier alpha value is -7.38. The number of Topliss-reactive ketones (excluding diaryl/α,β-unsaturated/α-hetero) is 1. The number of amides is 3. The third-order valence-electron chi connectivity index (χ3n) is 15.2. The minimum absolute atomic E-state index is 0.000783. The number of aliphatic hydroxyl groups excluding tert-OH is 1. The van der Waals surface area contributed by atoms with Crippen molar-refractivity contribution in [3.8, 4) is 11.9 Å². The van der Waals surface area contributed by atoms with E-state index >= 15 is 13.6 Å². The van der Waals surface area contributed by atoms with Crippen molar-refractivity contribution in [1.82, 2.24) is 29.5 Å². The molecule has 81 heavy (non-hydrogen) atoms. The highest BCUT2D eigenvalue weighted by atomic mass is 35.5. The summed E-state index contributed by atoms with van der Waals surface area (Å²) >= 11 is 6.66. The number of nitrogens with zero attached hydrogens (tertiary/aromatic N) is 9. The van der Waals surface area contributed by atoms with Crippen LogP contribution >= 0.6 is 11.6 Å². The monoisotopic (exact) mass is 1140 g/mol. The second kappa shape index (κ2) is 26.5. The molecule has 1 aliphatic heterocycles. The number of anilines is 2. The molecule has 9 rings (SSSR count). The number of ketones is 1. The average Bonchev–Trinajstić information content (AvgIpc) is 4.00. The molecule has 1 unspecified atom stereocenters. The Kier molecular flexibility index (Phi) is 19.0. The standard InChI is InChI=1S/C59H62ClF4N9O8/c1-2-40-33-68-73-44(28-49(69-57(40)73)46-8-4-3-7-41(46)16-18-74)13-11-37-12-14-53(67-32-37)81-22-21-79-19-20-80-36-55(77)70-34-50(72(54(76)35-70)52-24-38(31-65)15-17-66-52)58(78)71(45-26-42(61)25-43(62)27-45)56(47-9-5-6-10-48(47)60)51(75)23-39-29-59(63,64)30-39/h5-6,9-10,12,14-15,17,24-28,32-33,39,41,46,50,56,74H,2-4,7-8,11,13,16,18-23,29-30,34-36H2,1H3/t41-,46?,50-,56-/m0/s1. The van der Waals surface area contributed by atoms with E-state index in [1.54, 1.807) is 18.3 Å². The number of benzene rings is 2. The molecular formula is C59H62ClF4N9O8. The summed E-state index contributed by atoms with van der Waals surface area (Å²) in [5.41, 5.74) is 4.74. The van der Waals surface area contributed by atoms with Crippen LogP contribution in [0.1, 0.15) is 104 Å². The molecule has 3 fully saturated rings. The van der Waals surface area contributed by atoms with E-state index in [4.69, 9.17) is 30.8 Å². The van der Waals surface area contributed by atoms with Crippen molar-refractivity contribution in [1.29, 1.82) is 5.26 Å². The zero-order chi connectivity index (χ0) is 57.2. The van der Waals surface area contributed by atoms with Crippen LogP contribution in [0.25, 0.3) is 5.65 Å². The van der Waals surface area contributed by atoms with Crippen LogP contribution in [0, 0.1) is 34.8 Å². The summed E-state index contributed by atoms with van der Waals surface area (Å²) in [5, 5.41) is 24.2. The van der Waals surface area contributed by atoms with Crippen molar-refractivity contribution >= 4 is 52.3 Å². The number of nitriles is 1. The van der Waals surface area contributed by atoms with Crippen LogP contribution in [0.3, 0.4) is 0 Å². The highest BCUT2D eigenvalue weighted by Gasteiger charge is 2.49. The Morgan fingerprint density at radius 2 is 1.70 bits per heavy atom. The molecule has 5 heterocycles. The van der Waals surface area contributed by atoms with Crippen LogP contribution in [-0.2, 0) is 47.9 Å². The Morgan fingerprint density at radius 1 is 0.938 bits per heavy atom. The molecule has 22 heteroatoms. The van der Waals surface area contributed by atoms with Gasteiger partial charge in [0.2, 0.25) is 23.6 Å². The number of alkyl halides is 2. The molecule has 2 aromatic carbocycles. The Balaban J connectivity index is 0.815. The van der Waals surface area contributed by atoms with Gasteiger partial charge in [0.25, 0.3) is 5.91 Å². The SMILES string of the molecule is CCc1cnn2c(CCc3ccc(OCCOCCOCC(=O)N4CC(=O)N(c5cc(C#N)ccn5)[C@H](C(=O)N(c5cc(F)cc(F)c5)[C@H](C(=O)CC5CC(F)(F)C5)c5ccccc5Cl)C4)nc3)cc(C3CCCC[C@H]3CCO)nc12. The molecule has 426 valence electrons. The van der Waals surface area contributed by atoms with Gasteiger partial charge in [0.1, 0.15) is 49.3 Å². The van der Waals surface area contributed by atoms with Gasteiger partial charge in [0.05, 0.1) is 49.9 Å². The number of rotatable bonds is 24. The van der Waals surface area contributed by atoms with Gasteiger partial charge in [0.15, 0.2) is 11.4 Å².